The molecule has 0 radical (unpaired) electrons. The van der Waals surface area contributed by atoms with Gasteiger partial charge in [-0.2, -0.15) is 0 Å². The highest BCUT2D eigenvalue weighted by Gasteiger charge is 2.23. The van der Waals surface area contributed by atoms with E-state index in [4.69, 9.17) is 0 Å². The van der Waals surface area contributed by atoms with Crippen LogP contribution < -0.4 is 0 Å². The van der Waals surface area contributed by atoms with Gasteiger partial charge in [0.2, 0.25) is 0 Å². The molecule has 0 bridgehead atoms. The van der Waals surface area contributed by atoms with Crippen molar-refractivity contribution in [2.75, 3.05) is 0 Å². The topological polar surface area (TPSA) is 12.9 Å². The van der Waals surface area contributed by atoms with E-state index in [1.54, 1.807) is 0 Å². The molecule has 2 rings (SSSR count). The Morgan fingerprint density at radius 3 is 3.00 bits per heavy atom. The predicted molar refractivity (Wildman–Crippen MR) is 62.0 cm³/mol. The molecule has 1 unspecified atom stereocenters. The highest BCUT2D eigenvalue weighted by Crippen LogP contribution is 2.39. The van der Waals surface area contributed by atoms with Gasteiger partial charge in [-0.05, 0) is 30.4 Å². The fourth-order valence-corrected chi connectivity index (χ4v) is 3.17. The fraction of sp³-hybridized carbons (Fsp3) is 0.583. The molecule has 1 aromatic rings. The quantitative estimate of drug-likeness (QED) is 0.687. The van der Waals surface area contributed by atoms with Crippen molar-refractivity contribution < 1.29 is 0 Å². The van der Waals surface area contributed by atoms with E-state index in [1.165, 1.54) is 29.0 Å². The third-order valence-electron chi connectivity index (χ3n) is 2.70. The fourth-order valence-electron chi connectivity index (χ4n) is 2.08. The van der Waals surface area contributed by atoms with Crippen LogP contribution >= 0.6 is 11.8 Å². The second kappa shape index (κ2) is 3.93. The van der Waals surface area contributed by atoms with E-state index >= 15 is 0 Å². The lowest BCUT2D eigenvalue weighted by atomic mass is 10.1. The molecule has 0 aromatic carbocycles. The van der Waals surface area contributed by atoms with Gasteiger partial charge in [0, 0.05) is 22.0 Å². The van der Waals surface area contributed by atoms with E-state index in [0.29, 0.717) is 11.2 Å². The number of aryl methyl sites for hydroxylation is 1. The average molecular weight is 207 g/mol. The first-order chi connectivity index (χ1) is 6.68. The summed E-state index contributed by atoms with van der Waals surface area (Å²) < 4.78 is 0. The highest BCUT2D eigenvalue weighted by atomic mass is 32.2. The zero-order chi connectivity index (χ0) is 10.1. The Labute approximate surface area is 90.3 Å². The first-order valence-corrected chi connectivity index (χ1v) is 6.21. The van der Waals surface area contributed by atoms with E-state index in [-0.39, 0.29) is 0 Å². The molecule has 76 valence electrons. The van der Waals surface area contributed by atoms with E-state index < -0.39 is 0 Å². The zero-order valence-electron chi connectivity index (χ0n) is 9.08. The average Bonchev–Trinajstić information content (AvgIpc) is 2.48. The molecule has 0 fully saturated rings. The van der Waals surface area contributed by atoms with Crippen LogP contribution in [0.4, 0.5) is 0 Å². The molecule has 1 heterocycles. The number of nitrogens with zero attached hydrogens (tertiary/aromatic N) is 1. The minimum absolute atomic E-state index is 0.661. The normalized spacial score (nSPS) is 20.1. The summed E-state index contributed by atoms with van der Waals surface area (Å²) in [5.74, 6) is 0.708. The number of hydrogen-bond donors (Lipinski definition) is 0. The Bertz CT molecular complexity index is 333. The molecule has 1 aromatic heterocycles. The lowest BCUT2D eigenvalue weighted by Crippen LogP contribution is -1.95. The lowest BCUT2D eigenvalue weighted by molar-refractivity contribution is 0.737. The first-order valence-electron chi connectivity index (χ1n) is 5.33. The molecule has 0 N–H and O–H groups in total. The molecular weight excluding hydrogens is 190 g/mol. The Balaban J connectivity index is 2.36. The van der Waals surface area contributed by atoms with E-state index in [1.807, 2.05) is 18.0 Å². The summed E-state index contributed by atoms with van der Waals surface area (Å²) in [5, 5.41) is 0.661. The van der Waals surface area contributed by atoms with Crippen molar-refractivity contribution >= 4 is 11.8 Å². The standard InChI is InChI=1S/C12H17NS/c1-8(2)14-11-6-7-13-10-5-4-9(3)12(10)11/h6-9H,4-5H2,1-3H3. The summed E-state index contributed by atoms with van der Waals surface area (Å²) in [6, 6.07) is 2.17. The number of fused-ring (bicyclic) bond motifs is 1. The molecule has 0 amide bonds. The van der Waals surface area contributed by atoms with Gasteiger partial charge in [0.05, 0.1) is 0 Å². The third-order valence-corrected chi connectivity index (χ3v) is 3.78. The number of rotatable bonds is 2. The van der Waals surface area contributed by atoms with Gasteiger partial charge in [0.15, 0.2) is 0 Å². The Hall–Kier alpha value is -0.500. The number of pyridine rings is 1. The summed E-state index contributed by atoms with van der Waals surface area (Å²) in [7, 11) is 0. The van der Waals surface area contributed by atoms with Gasteiger partial charge in [-0.15, -0.1) is 11.8 Å². The van der Waals surface area contributed by atoms with Crippen LogP contribution in [0.5, 0.6) is 0 Å². The van der Waals surface area contributed by atoms with E-state index in [9.17, 15) is 0 Å². The summed E-state index contributed by atoms with van der Waals surface area (Å²) >= 11 is 1.97. The minimum Gasteiger partial charge on any atom is -0.261 e. The summed E-state index contributed by atoms with van der Waals surface area (Å²) in [4.78, 5) is 5.92. The Morgan fingerprint density at radius 1 is 1.50 bits per heavy atom. The molecular formula is C12H17NS. The molecule has 1 atom stereocenters. The van der Waals surface area contributed by atoms with Crippen molar-refractivity contribution in [2.45, 2.75) is 49.7 Å². The maximum absolute atomic E-state index is 4.46. The molecule has 0 aliphatic heterocycles. The third kappa shape index (κ3) is 1.81. The van der Waals surface area contributed by atoms with Crippen LogP contribution in [0.15, 0.2) is 17.2 Å². The molecule has 1 nitrogen and oxygen atoms in total. The maximum atomic E-state index is 4.46. The summed E-state index contributed by atoms with van der Waals surface area (Å²) in [5.41, 5.74) is 2.86. The van der Waals surface area contributed by atoms with Gasteiger partial charge in [0.1, 0.15) is 0 Å². The van der Waals surface area contributed by atoms with Crippen LogP contribution in [0.25, 0.3) is 0 Å². The molecule has 2 heteroatoms. The lowest BCUT2D eigenvalue weighted by Gasteiger charge is -2.12. The van der Waals surface area contributed by atoms with Crippen LogP contribution in [0.2, 0.25) is 0 Å². The monoisotopic (exact) mass is 207 g/mol. The maximum Gasteiger partial charge on any atom is 0.0449 e. The van der Waals surface area contributed by atoms with Crippen molar-refractivity contribution in [3.05, 3.63) is 23.5 Å². The number of aromatic nitrogens is 1. The number of hydrogen-bond acceptors (Lipinski definition) is 2. The van der Waals surface area contributed by atoms with E-state index in [0.717, 1.165) is 0 Å². The highest BCUT2D eigenvalue weighted by molar-refractivity contribution is 8.00. The largest absolute Gasteiger partial charge is 0.261 e. The van der Waals surface area contributed by atoms with Crippen LogP contribution in [-0.2, 0) is 6.42 Å². The van der Waals surface area contributed by atoms with Crippen molar-refractivity contribution in [3.8, 4) is 0 Å². The summed E-state index contributed by atoms with van der Waals surface area (Å²) in [6.45, 7) is 6.81. The molecule has 14 heavy (non-hydrogen) atoms. The van der Waals surface area contributed by atoms with Gasteiger partial charge >= 0.3 is 0 Å². The van der Waals surface area contributed by atoms with Crippen LogP contribution in [0, 0.1) is 0 Å². The van der Waals surface area contributed by atoms with Gasteiger partial charge in [0.25, 0.3) is 0 Å². The Kier molecular flexibility index (Phi) is 2.82. The zero-order valence-corrected chi connectivity index (χ0v) is 9.90. The SMILES string of the molecule is CC(C)Sc1ccnc2c1C(C)CC2. The van der Waals surface area contributed by atoms with Crippen molar-refractivity contribution in [2.24, 2.45) is 0 Å². The van der Waals surface area contributed by atoms with Crippen molar-refractivity contribution in [1.29, 1.82) is 0 Å². The van der Waals surface area contributed by atoms with Crippen LogP contribution in [-0.4, -0.2) is 10.2 Å². The molecule has 0 saturated heterocycles. The minimum atomic E-state index is 0.661. The van der Waals surface area contributed by atoms with Crippen LogP contribution in [0.1, 0.15) is 44.4 Å². The summed E-state index contributed by atoms with van der Waals surface area (Å²) in [6.07, 6.45) is 4.41. The van der Waals surface area contributed by atoms with Crippen LogP contribution in [0.3, 0.4) is 0 Å². The first kappa shape index (κ1) is 10.0. The van der Waals surface area contributed by atoms with Gasteiger partial charge in [-0.25, -0.2) is 0 Å². The molecule has 1 aliphatic rings. The molecule has 1 aliphatic carbocycles. The number of thioether (sulfide) groups is 1. The van der Waals surface area contributed by atoms with Gasteiger partial charge in [-0.1, -0.05) is 20.8 Å². The second-order valence-corrected chi connectivity index (χ2v) is 5.89. The molecule has 0 spiro atoms. The smallest absolute Gasteiger partial charge is 0.0449 e. The van der Waals surface area contributed by atoms with Gasteiger partial charge in [-0.3, -0.25) is 4.98 Å². The van der Waals surface area contributed by atoms with Crippen molar-refractivity contribution in [3.63, 3.8) is 0 Å². The van der Waals surface area contributed by atoms with E-state index in [2.05, 4.69) is 31.8 Å². The van der Waals surface area contributed by atoms with Crippen molar-refractivity contribution in [1.82, 2.24) is 4.98 Å². The Morgan fingerprint density at radius 2 is 2.29 bits per heavy atom. The predicted octanol–water partition coefficient (Wildman–Crippen LogP) is 3.63. The molecule has 0 saturated carbocycles. The second-order valence-electron chi connectivity index (χ2n) is 4.28. The van der Waals surface area contributed by atoms with Gasteiger partial charge < -0.3 is 0 Å².